The van der Waals surface area contributed by atoms with Crippen molar-refractivity contribution in [2.45, 2.75) is 23.6 Å². The van der Waals surface area contributed by atoms with Crippen LogP contribution in [0.15, 0.2) is 112 Å². The molecule has 268 valence electrons. The molecule has 18 nitrogen and oxygen atoms in total. The van der Waals surface area contributed by atoms with Crippen molar-refractivity contribution in [3.63, 3.8) is 0 Å². The fraction of sp³-hybridized carbons (Fsp3) is 0.125. The minimum absolute atomic E-state index is 0.185. The average molecular weight is 749 g/mol. The number of hydrogen-bond acceptors (Lipinski definition) is 12. The third kappa shape index (κ3) is 5.98. The largest absolute Gasteiger partial charge is 0.296 e. The van der Waals surface area contributed by atoms with Gasteiger partial charge in [-0.2, -0.15) is 27.0 Å². The molecule has 2 aromatic carbocycles. The lowest BCUT2D eigenvalue weighted by atomic mass is 10.1. The molecule has 0 fully saturated rings. The summed E-state index contributed by atoms with van der Waals surface area (Å²) >= 11 is 0. The second-order valence-corrected chi connectivity index (χ2v) is 14.3. The van der Waals surface area contributed by atoms with Gasteiger partial charge < -0.3 is 0 Å². The van der Waals surface area contributed by atoms with Gasteiger partial charge >= 0.3 is 0 Å². The number of benzene rings is 2. The highest BCUT2D eigenvalue weighted by Crippen LogP contribution is 2.16. The van der Waals surface area contributed by atoms with Gasteiger partial charge in [-0.05, 0) is 55.5 Å². The smallest absolute Gasteiger partial charge is 0.287 e. The van der Waals surface area contributed by atoms with Gasteiger partial charge in [0.1, 0.15) is 21.2 Å². The molecule has 6 rings (SSSR count). The molecule has 2 aromatic heterocycles. The molecule has 2 aliphatic carbocycles. The summed E-state index contributed by atoms with van der Waals surface area (Å²) in [4.78, 5) is 52.2. The van der Waals surface area contributed by atoms with E-state index in [1.54, 1.807) is 74.8 Å². The molecule has 0 unspecified atom stereocenters. The topological polar surface area (TPSA) is 246 Å². The summed E-state index contributed by atoms with van der Waals surface area (Å²) in [6.07, 6.45) is 0. The third-order valence-corrected chi connectivity index (χ3v) is 10.2. The minimum Gasteiger partial charge on any atom is -0.287 e. The predicted molar refractivity (Wildman–Crippen MR) is 186 cm³/mol. The summed E-state index contributed by atoms with van der Waals surface area (Å²) in [7, 11) is -7.43. The number of nitrogens with zero attached hydrogens (tertiary/aromatic N) is 6. The first-order chi connectivity index (χ1) is 24.4. The van der Waals surface area contributed by atoms with Crippen molar-refractivity contribution >= 4 is 31.6 Å². The van der Waals surface area contributed by atoms with Crippen LogP contribution in [0.3, 0.4) is 0 Å². The first kappa shape index (κ1) is 35.6. The summed E-state index contributed by atoms with van der Waals surface area (Å²) in [5.74, 6) is 0. The standard InChI is InChI=1S/C32H28N8O10S2/c1-17-25(31(43)39(37(17)3)20-11-7-5-8-12-20)33-35-27-22(51(45,46)47)15-19-16-23(52(48,49)50)28(30(42)24(19)29(27)41)36-34-26-18(2)38(4)40(32(26)44)21-13-9-6-10-14-21/h5-16,33-34H,1-4H3,(H,45,46,47)(H,48,49,50). The molecule has 4 aromatic rings. The van der Waals surface area contributed by atoms with Crippen LogP contribution in [-0.2, 0) is 34.3 Å². The van der Waals surface area contributed by atoms with Crippen LogP contribution in [0.2, 0.25) is 0 Å². The number of anilines is 2. The van der Waals surface area contributed by atoms with E-state index in [0.717, 1.165) is 0 Å². The van der Waals surface area contributed by atoms with Gasteiger partial charge in [0.2, 0.25) is 10.9 Å². The summed E-state index contributed by atoms with van der Waals surface area (Å²) in [6.45, 7) is 3.08. The van der Waals surface area contributed by atoms with E-state index in [0.29, 0.717) is 34.9 Å². The van der Waals surface area contributed by atoms with Gasteiger partial charge in [0, 0.05) is 14.1 Å². The molecule has 2 aliphatic rings. The summed E-state index contributed by atoms with van der Waals surface area (Å²) < 4.78 is 75.5. The fourth-order valence-corrected chi connectivity index (χ4v) is 6.97. The number of nitrogens with one attached hydrogen (secondary N) is 2. The highest BCUT2D eigenvalue weighted by molar-refractivity contribution is 7.86. The van der Waals surface area contributed by atoms with Crippen molar-refractivity contribution in [2.75, 3.05) is 10.9 Å². The van der Waals surface area contributed by atoms with Gasteiger partial charge in [-0.15, -0.1) is 0 Å². The minimum atomic E-state index is -5.28. The molecular formula is C32H28N8O10S2. The zero-order valence-corrected chi connectivity index (χ0v) is 29.2. The van der Waals surface area contributed by atoms with E-state index in [1.807, 2.05) is 0 Å². The lowest BCUT2D eigenvalue weighted by molar-refractivity contribution is 0.480. The van der Waals surface area contributed by atoms with Crippen LogP contribution in [0.1, 0.15) is 11.4 Å². The number of rotatable bonds is 8. The van der Waals surface area contributed by atoms with E-state index in [4.69, 9.17) is 0 Å². The van der Waals surface area contributed by atoms with Crippen LogP contribution in [0.25, 0.3) is 11.4 Å². The molecule has 0 radical (unpaired) electrons. The van der Waals surface area contributed by atoms with E-state index in [2.05, 4.69) is 21.1 Å². The molecular weight excluding hydrogens is 721 g/mol. The number of aromatic nitrogens is 4. The lowest BCUT2D eigenvalue weighted by Gasteiger charge is -2.07. The van der Waals surface area contributed by atoms with Crippen molar-refractivity contribution in [3.8, 4) is 11.4 Å². The Kier molecular flexibility index (Phi) is 8.79. The Bertz CT molecular complexity index is 2880. The Hall–Kier alpha value is -6.22. The molecule has 0 saturated carbocycles. The van der Waals surface area contributed by atoms with Crippen LogP contribution in [0.4, 0.5) is 11.4 Å². The molecule has 0 aliphatic heterocycles. The van der Waals surface area contributed by atoms with Crippen molar-refractivity contribution in [1.29, 1.82) is 0 Å². The average Bonchev–Trinajstić information content (AvgIpc) is 3.43. The first-order valence-electron chi connectivity index (χ1n) is 15.0. The number of para-hydroxylation sites is 2. The second-order valence-electron chi connectivity index (χ2n) is 11.5. The SMILES string of the molecule is Cc1c(NN=c2c(S(=O)(=O)O)cc3cc(S(=O)(=O)O)c(=NNc4c(C)n(C)n(-c5ccccc5)c4=O)c(=O)c=3c2=O)c(=O)n(-c2ccccc2)n1C. The van der Waals surface area contributed by atoms with Gasteiger partial charge in [-0.1, -0.05) is 36.4 Å². The molecule has 0 spiro atoms. The van der Waals surface area contributed by atoms with Gasteiger partial charge in [-0.3, -0.25) is 48.5 Å². The number of hydrogen-bond donors (Lipinski definition) is 4. The summed E-state index contributed by atoms with van der Waals surface area (Å²) in [6, 6.07) is 18.1. The first-order valence-corrected chi connectivity index (χ1v) is 17.9. The maximum Gasteiger partial charge on any atom is 0.296 e. The zero-order chi connectivity index (χ0) is 37.9. The zero-order valence-electron chi connectivity index (χ0n) is 27.6. The summed E-state index contributed by atoms with van der Waals surface area (Å²) in [5.41, 5.74) is 1.84. The molecule has 4 N–H and O–H groups in total. The van der Waals surface area contributed by atoms with E-state index in [-0.39, 0.29) is 11.4 Å². The Balaban J connectivity index is 1.60. The van der Waals surface area contributed by atoms with E-state index < -0.39 is 73.2 Å². The Morgan fingerprint density at radius 2 is 0.942 bits per heavy atom. The van der Waals surface area contributed by atoms with Crippen LogP contribution >= 0.6 is 0 Å². The van der Waals surface area contributed by atoms with Gasteiger partial charge in [-0.25, -0.2) is 9.36 Å². The van der Waals surface area contributed by atoms with Gasteiger partial charge in [0.15, 0.2) is 10.7 Å². The maximum absolute atomic E-state index is 13.9. The second kappa shape index (κ2) is 12.8. The highest BCUT2D eigenvalue weighted by Gasteiger charge is 2.24. The molecule has 0 atom stereocenters. The molecule has 20 heteroatoms. The van der Waals surface area contributed by atoms with Crippen molar-refractivity contribution in [1.82, 2.24) is 18.7 Å². The fourth-order valence-electron chi connectivity index (χ4n) is 5.65. The van der Waals surface area contributed by atoms with E-state index in [9.17, 15) is 45.1 Å². The van der Waals surface area contributed by atoms with Crippen LogP contribution in [-0.4, -0.2) is 44.7 Å². The van der Waals surface area contributed by atoms with Gasteiger partial charge in [0.25, 0.3) is 31.4 Å². The van der Waals surface area contributed by atoms with E-state index in [1.165, 1.54) is 32.6 Å². The highest BCUT2D eigenvalue weighted by atomic mass is 32.2. The van der Waals surface area contributed by atoms with Crippen LogP contribution in [0, 0.1) is 24.3 Å². The Morgan fingerprint density at radius 1 is 0.596 bits per heavy atom. The van der Waals surface area contributed by atoms with E-state index >= 15 is 0 Å². The lowest BCUT2D eigenvalue weighted by Crippen LogP contribution is -2.41. The molecule has 0 amide bonds. The Labute approximate surface area is 292 Å². The normalized spacial score (nSPS) is 12.9. The summed E-state index contributed by atoms with van der Waals surface area (Å²) in [5, 5.41) is 4.17. The van der Waals surface area contributed by atoms with Crippen molar-refractivity contribution < 1.29 is 25.9 Å². The van der Waals surface area contributed by atoms with Crippen LogP contribution < -0.4 is 43.5 Å². The third-order valence-electron chi connectivity index (χ3n) is 8.44. The van der Waals surface area contributed by atoms with Crippen molar-refractivity contribution in [2.24, 2.45) is 24.3 Å². The van der Waals surface area contributed by atoms with Gasteiger partial charge in [0.05, 0.1) is 28.0 Å². The molecule has 0 saturated heterocycles. The quantitative estimate of drug-likeness (QED) is 0.118. The predicted octanol–water partition coefficient (Wildman–Crippen LogP) is -0.0480. The molecule has 52 heavy (non-hydrogen) atoms. The molecule has 2 heterocycles. The Morgan fingerprint density at radius 3 is 1.27 bits per heavy atom. The monoisotopic (exact) mass is 748 g/mol. The van der Waals surface area contributed by atoms with Crippen molar-refractivity contribution in [3.05, 3.63) is 146 Å². The van der Waals surface area contributed by atoms with Crippen LogP contribution in [0.5, 0.6) is 0 Å². The molecule has 0 bridgehead atoms. The maximum atomic E-state index is 13.9.